The van der Waals surface area contributed by atoms with E-state index in [2.05, 4.69) is 24.5 Å². The van der Waals surface area contributed by atoms with Gasteiger partial charge in [0.05, 0.1) is 13.1 Å². The Morgan fingerprint density at radius 3 is 2.24 bits per heavy atom. The Labute approximate surface area is 126 Å². The minimum absolute atomic E-state index is 0.0329. The lowest BCUT2D eigenvalue weighted by atomic mass is 9.96. The standard InChI is InChI=1S/C16H25N3O2/c1-12(2)16(13-8-6-5-7-9-13)18-10-14(20)17-11-15(21)19(3)4/h5-9,12,16,18H,10-11H2,1-4H3,(H,17,20)/t16-/m0/s1. The molecule has 2 N–H and O–H groups in total. The van der Waals surface area contributed by atoms with Gasteiger partial charge in [-0.15, -0.1) is 0 Å². The number of amides is 2. The fourth-order valence-electron chi connectivity index (χ4n) is 2.00. The third kappa shape index (κ3) is 5.95. The van der Waals surface area contributed by atoms with Gasteiger partial charge in [0.25, 0.3) is 0 Å². The lowest BCUT2D eigenvalue weighted by Crippen LogP contribution is -2.41. The van der Waals surface area contributed by atoms with E-state index in [1.165, 1.54) is 4.90 Å². The molecule has 0 fully saturated rings. The van der Waals surface area contributed by atoms with Gasteiger partial charge in [-0.2, -0.15) is 0 Å². The van der Waals surface area contributed by atoms with E-state index < -0.39 is 0 Å². The first kappa shape index (κ1) is 17.2. The summed E-state index contributed by atoms with van der Waals surface area (Å²) < 4.78 is 0. The first-order chi connectivity index (χ1) is 9.91. The molecule has 0 bridgehead atoms. The molecule has 21 heavy (non-hydrogen) atoms. The van der Waals surface area contributed by atoms with Gasteiger partial charge >= 0.3 is 0 Å². The lowest BCUT2D eigenvalue weighted by Gasteiger charge is -2.22. The highest BCUT2D eigenvalue weighted by atomic mass is 16.2. The van der Waals surface area contributed by atoms with Crippen molar-refractivity contribution in [1.82, 2.24) is 15.5 Å². The zero-order valence-electron chi connectivity index (χ0n) is 13.2. The maximum Gasteiger partial charge on any atom is 0.241 e. The van der Waals surface area contributed by atoms with Crippen molar-refractivity contribution in [2.75, 3.05) is 27.2 Å². The van der Waals surface area contributed by atoms with Gasteiger partial charge in [0.15, 0.2) is 0 Å². The fraction of sp³-hybridized carbons (Fsp3) is 0.500. The van der Waals surface area contributed by atoms with Crippen LogP contribution in [0.25, 0.3) is 0 Å². The zero-order chi connectivity index (χ0) is 15.8. The van der Waals surface area contributed by atoms with Crippen LogP contribution in [0.3, 0.4) is 0 Å². The van der Waals surface area contributed by atoms with Crippen molar-refractivity contribution in [3.63, 3.8) is 0 Å². The van der Waals surface area contributed by atoms with E-state index in [9.17, 15) is 9.59 Å². The van der Waals surface area contributed by atoms with E-state index in [4.69, 9.17) is 0 Å². The Kier molecular flexibility index (Phi) is 6.88. The molecule has 0 saturated heterocycles. The molecule has 2 amide bonds. The van der Waals surface area contributed by atoms with E-state index in [0.717, 1.165) is 5.56 Å². The molecule has 1 aromatic carbocycles. The molecule has 0 aliphatic carbocycles. The molecule has 0 radical (unpaired) electrons. The van der Waals surface area contributed by atoms with Gasteiger partial charge in [0, 0.05) is 20.1 Å². The van der Waals surface area contributed by atoms with Crippen molar-refractivity contribution in [3.05, 3.63) is 35.9 Å². The monoisotopic (exact) mass is 291 g/mol. The quantitative estimate of drug-likeness (QED) is 0.793. The third-order valence-electron chi connectivity index (χ3n) is 3.24. The first-order valence-corrected chi connectivity index (χ1v) is 7.17. The molecule has 0 aromatic heterocycles. The van der Waals surface area contributed by atoms with E-state index in [-0.39, 0.29) is 30.9 Å². The SMILES string of the molecule is CC(C)[C@H](NCC(=O)NCC(=O)N(C)C)c1ccccc1. The number of nitrogens with one attached hydrogen (secondary N) is 2. The highest BCUT2D eigenvalue weighted by molar-refractivity contribution is 5.85. The van der Waals surface area contributed by atoms with Crippen LogP contribution in [0.2, 0.25) is 0 Å². The molecule has 5 nitrogen and oxygen atoms in total. The highest BCUT2D eigenvalue weighted by Gasteiger charge is 2.16. The zero-order valence-corrected chi connectivity index (χ0v) is 13.2. The van der Waals surface area contributed by atoms with Gasteiger partial charge in [-0.3, -0.25) is 9.59 Å². The van der Waals surface area contributed by atoms with Crippen molar-refractivity contribution in [3.8, 4) is 0 Å². The highest BCUT2D eigenvalue weighted by Crippen LogP contribution is 2.20. The molecular weight excluding hydrogens is 266 g/mol. The van der Waals surface area contributed by atoms with Crippen LogP contribution in [0.4, 0.5) is 0 Å². The molecule has 0 aliphatic rings. The van der Waals surface area contributed by atoms with Gasteiger partial charge < -0.3 is 15.5 Å². The number of likely N-dealkylation sites (N-methyl/N-ethyl adjacent to an activating group) is 1. The Balaban J connectivity index is 2.47. The number of carbonyl (C=O) groups is 2. The van der Waals surface area contributed by atoms with E-state index >= 15 is 0 Å². The van der Waals surface area contributed by atoms with Gasteiger partial charge in [-0.1, -0.05) is 44.2 Å². The molecule has 1 aromatic rings. The maximum atomic E-state index is 11.8. The normalized spacial score (nSPS) is 12.0. The van der Waals surface area contributed by atoms with Crippen molar-refractivity contribution < 1.29 is 9.59 Å². The van der Waals surface area contributed by atoms with E-state index in [1.54, 1.807) is 14.1 Å². The first-order valence-electron chi connectivity index (χ1n) is 7.17. The number of carbonyl (C=O) groups excluding carboxylic acids is 2. The average Bonchev–Trinajstić information content (AvgIpc) is 2.45. The Hall–Kier alpha value is -1.88. The molecule has 1 rings (SSSR count). The second-order valence-corrected chi connectivity index (χ2v) is 5.58. The smallest absolute Gasteiger partial charge is 0.241 e. The molecule has 0 aliphatic heterocycles. The predicted molar refractivity (Wildman–Crippen MR) is 83.7 cm³/mol. The van der Waals surface area contributed by atoms with Gasteiger partial charge in [-0.25, -0.2) is 0 Å². The Bertz CT molecular complexity index is 458. The van der Waals surface area contributed by atoms with Crippen molar-refractivity contribution in [2.24, 2.45) is 5.92 Å². The van der Waals surface area contributed by atoms with Crippen molar-refractivity contribution in [2.45, 2.75) is 19.9 Å². The second-order valence-electron chi connectivity index (χ2n) is 5.58. The average molecular weight is 291 g/mol. The summed E-state index contributed by atoms with van der Waals surface area (Å²) in [5.74, 6) is 0.0715. The lowest BCUT2D eigenvalue weighted by molar-refractivity contribution is -0.130. The summed E-state index contributed by atoms with van der Waals surface area (Å²) in [6.07, 6.45) is 0. The summed E-state index contributed by atoms with van der Waals surface area (Å²) in [6, 6.07) is 10.2. The van der Waals surface area contributed by atoms with Crippen LogP contribution in [-0.2, 0) is 9.59 Å². The second kappa shape index (κ2) is 8.42. The number of hydrogen-bond donors (Lipinski definition) is 2. The molecule has 0 heterocycles. The van der Waals surface area contributed by atoms with Crippen LogP contribution < -0.4 is 10.6 Å². The number of hydrogen-bond acceptors (Lipinski definition) is 3. The summed E-state index contributed by atoms with van der Waals surface area (Å²) >= 11 is 0. The third-order valence-corrected chi connectivity index (χ3v) is 3.24. The summed E-state index contributed by atoms with van der Waals surface area (Å²) in [5, 5.41) is 5.87. The summed E-state index contributed by atoms with van der Waals surface area (Å²) in [5.41, 5.74) is 1.16. The maximum absolute atomic E-state index is 11.8. The van der Waals surface area contributed by atoms with Crippen LogP contribution >= 0.6 is 0 Å². The molecule has 5 heteroatoms. The topological polar surface area (TPSA) is 61.4 Å². The van der Waals surface area contributed by atoms with Crippen LogP contribution in [0.5, 0.6) is 0 Å². The summed E-state index contributed by atoms with van der Waals surface area (Å²) in [4.78, 5) is 24.6. The number of nitrogens with zero attached hydrogens (tertiary/aromatic N) is 1. The van der Waals surface area contributed by atoms with Crippen molar-refractivity contribution >= 4 is 11.8 Å². The minimum Gasteiger partial charge on any atom is -0.347 e. The molecular formula is C16H25N3O2. The van der Waals surface area contributed by atoms with Crippen molar-refractivity contribution in [1.29, 1.82) is 0 Å². The van der Waals surface area contributed by atoms with Gasteiger partial charge in [0.2, 0.25) is 11.8 Å². The van der Waals surface area contributed by atoms with Gasteiger partial charge in [-0.05, 0) is 11.5 Å². The largest absolute Gasteiger partial charge is 0.347 e. The number of rotatable bonds is 7. The summed E-state index contributed by atoms with van der Waals surface area (Å²) in [6.45, 7) is 4.44. The van der Waals surface area contributed by atoms with Crippen LogP contribution in [0.1, 0.15) is 25.5 Å². The predicted octanol–water partition coefficient (Wildman–Crippen LogP) is 1.18. The van der Waals surface area contributed by atoms with E-state index in [0.29, 0.717) is 5.92 Å². The molecule has 0 saturated carbocycles. The number of benzene rings is 1. The molecule has 0 unspecified atom stereocenters. The Morgan fingerprint density at radius 1 is 1.10 bits per heavy atom. The Morgan fingerprint density at radius 2 is 1.71 bits per heavy atom. The minimum atomic E-state index is -0.174. The van der Waals surface area contributed by atoms with E-state index in [1.807, 2.05) is 30.3 Å². The van der Waals surface area contributed by atoms with Crippen LogP contribution in [0, 0.1) is 5.92 Å². The van der Waals surface area contributed by atoms with Crippen LogP contribution in [-0.4, -0.2) is 43.9 Å². The fourth-order valence-corrected chi connectivity index (χ4v) is 2.00. The molecule has 116 valence electrons. The van der Waals surface area contributed by atoms with Gasteiger partial charge in [0.1, 0.15) is 0 Å². The molecule has 1 atom stereocenters. The van der Waals surface area contributed by atoms with Crippen LogP contribution in [0.15, 0.2) is 30.3 Å². The molecule has 0 spiro atoms. The summed E-state index contributed by atoms with van der Waals surface area (Å²) in [7, 11) is 3.33.